The summed E-state index contributed by atoms with van der Waals surface area (Å²) in [4.78, 5) is 15.5. The van der Waals surface area contributed by atoms with Crippen LogP contribution in [0.25, 0.3) is 0 Å². The monoisotopic (exact) mass is 166 g/mol. The molecule has 0 unspecified atom stereocenters. The third kappa shape index (κ3) is 12.3. The Morgan fingerprint density at radius 1 is 1.44 bits per heavy atom. The molecule has 0 saturated heterocycles. The molecule has 0 bridgehead atoms. The van der Waals surface area contributed by atoms with Crippen molar-refractivity contribution < 1.29 is 59.8 Å². The van der Waals surface area contributed by atoms with Gasteiger partial charge in [0.2, 0.25) is 0 Å². The molecule has 0 aromatic carbocycles. The minimum absolute atomic E-state index is 0. The van der Waals surface area contributed by atoms with Crippen molar-refractivity contribution in [1.82, 2.24) is 0 Å². The van der Waals surface area contributed by atoms with E-state index in [0.717, 1.165) is 0 Å². The zero-order valence-corrected chi connectivity index (χ0v) is 7.52. The fourth-order valence-electron chi connectivity index (χ4n) is 0.123. The van der Waals surface area contributed by atoms with Gasteiger partial charge < -0.3 is 21.3 Å². The predicted molar refractivity (Wildman–Crippen MR) is 24.4 cm³/mol. The molecule has 0 rings (SSSR count). The third-order valence-corrected chi connectivity index (χ3v) is 0.695. The molecule has 0 saturated carbocycles. The van der Waals surface area contributed by atoms with Crippen LogP contribution in [0.3, 0.4) is 0 Å². The van der Waals surface area contributed by atoms with Gasteiger partial charge in [-0.15, -0.1) is 0 Å². The van der Waals surface area contributed by atoms with E-state index in [1.54, 1.807) is 0 Å². The van der Waals surface area contributed by atoms with Gasteiger partial charge in [-0.05, 0) is 0 Å². The summed E-state index contributed by atoms with van der Waals surface area (Å²) in [6, 6.07) is 0. The molecule has 50 valence electrons. The van der Waals surface area contributed by atoms with E-state index >= 15 is 0 Å². The van der Waals surface area contributed by atoms with E-state index in [4.69, 9.17) is 19.8 Å². The first-order valence-corrected chi connectivity index (χ1v) is 3.05. The molecule has 6 nitrogen and oxygen atoms in total. The number of hydrogen-bond acceptors (Lipinski definition) is 4. The van der Waals surface area contributed by atoms with Crippen LogP contribution in [0.1, 0.15) is 1.43 Å². The molecular formula is H5BNaO6P. The Balaban J connectivity index is -0.000000245. The first-order chi connectivity index (χ1) is 3.42. The summed E-state index contributed by atoms with van der Waals surface area (Å²) in [7, 11) is -7.14. The maximum absolute atomic E-state index is 9.59. The molecule has 0 amide bonds. The smallest absolute Gasteiger partial charge is 1.00 e. The summed E-state index contributed by atoms with van der Waals surface area (Å²) in [5, 5.41) is 15.5. The Morgan fingerprint density at radius 2 is 1.78 bits per heavy atom. The maximum atomic E-state index is 9.59. The summed E-state index contributed by atoms with van der Waals surface area (Å²) in [5.41, 5.74) is 0. The van der Waals surface area contributed by atoms with E-state index in [1.165, 1.54) is 0 Å². The summed E-state index contributed by atoms with van der Waals surface area (Å²) in [6.07, 6.45) is 0. The van der Waals surface area contributed by atoms with Crippen LogP contribution in [0.4, 0.5) is 0 Å². The van der Waals surface area contributed by atoms with Gasteiger partial charge >= 0.3 is 44.7 Å². The van der Waals surface area contributed by atoms with Gasteiger partial charge in [0.1, 0.15) is 0 Å². The third-order valence-electron chi connectivity index (χ3n) is 0.232. The molecule has 9 heteroatoms. The molecular weight excluding hydrogens is 161 g/mol. The summed E-state index contributed by atoms with van der Waals surface area (Å²) >= 11 is 0. The van der Waals surface area contributed by atoms with Crippen molar-refractivity contribution in [3.63, 3.8) is 0 Å². The van der Waals surface area contributed by atoms with Crippen molar-refractivity contribution >= 4 is 15.1 Å². The van der Waals surface area contributed by atoms with Crippen LogP contribution >= 0.6 is 7.82 Å². The Morgan fingerprint density at radius 3 is 1.78 bits per heavy atom. The van der Waals surface area contributed by atoms with Crippen molar-refractivity contribution in [2.75, 3.05) is 0 Å². The largest absolute Gasteiger partial charge is 1.00 e. The molecule has 0 aliphatic heterocycles. The fourth-order valence-corrected chi connectivity index (χ4v) is 0.368. The first kappa shape index (κ1) is 12.7. The minimum atomic E-state index is -4.72. The van der Waals surface area contributed by atoms with Gasteiger partial charge in [-0.1, -0.05) is 0 Å². The van der Waals surface area contributed by atoms with Crippen molar-refractivity contribution in [1.29, 1.82) is 0 Å². The summed E-state index contributed by atoms with van der Waals surface area (Å²) < 4.78 is 12.8. The van der Waals surface area contributed by atoms with E-state index in [9.17, 15) is 4.57 Å². The van der Waals surface area contributed by atoms with E-state index < -0.39 is 15.1 Å². The standard InChI is InChI=1S/BH4O6P.Na.H/c2-1(3)7-8(4,5)6;;/h2-3H,(H2,4,5,6);;/q;+1;-1. The van der Waals surface area contributed by atoms with Crippen LogP contribution in [-0.2, 0) is 9.01 Å². The Hall–Kier alpha value is 1.09. The molecule has 0 aliphatic carbocycles. The van der Waals surface area contributed by atoms with Crippen LogP contribution in [0.2, 0.25) is 0 Å². The van der Waals surface area contributed by atoms with Crippen LogP contribution in [0.5, 0.6) is 0 Å². The molecule has 0 aromatic heterocycles. The second kappa shape index (κ2) is 4.84. The van der Waals surface area contributed by atoms with Crippen LogP contribution in [0, 0.1) is 0 Å². The molecule has 0 radical (unpaired) electrons. The minimum Gasteiger partial charge on any atom is -1.00 e. The average Bonchev–Trinajstić information content (AvgIpc) is 1.21. The predicted octanol–water partition coefficient (Wildman–Crippen LogP) is -4.82. The Bertz CT molecular complexity index is 110. The molecule has 0 aromatic rings. The zero-order valence-electron chi connectivity index (χ0n) is 5.63. The number of rotatable bonds is 2. The van der Waals surface area contributed by atoms with Crippen molar-refractivity contribution in [3.05, 3.63) is 0 Å². The maximum Gasteiger partial charge on any atom is 1.00 e. The van der Waals surface area contributed by atoms with E-state index in [1.807, 2.05) is 0 Å². The second-order valence-corrected chi connectivity index (χ2v) is 2.11. The number of hydrogen-bond donors (Lipinski definition) is 4. The zero-order chi connectivity index (χ0) is 6.78. The van der Waals surface area contributed by atoms with Crippen LogP contribution < -0.4 is 29.6 Å². The quantitative estimate of drug-likeness (QED) is 0.242. The molecule has 9 heavy (non-hydrogen) atoms. The molecule has 0 heterocycles. The molecule has 0 aliphatic rings. The molecule has 0 spiro atoms. The van der Waals surface area contributed by atoms with Gasteiger partial charge in [0.05, 0.1) is 0 Å². The van der Waals surface area contributed by atoms with Gasteiger partial charge in [-0.25, -0.2) is 4.57 Å². The second-order valence-electron chi connectivity index (χ2n) is 0.922. The van der Waals surface area contributed by atoms with Gasteiger partial charge in [-0.2, -0.15) is 0 Å². The first-order valence-electron chi connectivity index (χ1n) is 1.52. The van der Waals surface area contributed by atoms with Crippen molar-refractivity contribution in [2.45, 2.75) is 0 Å². The van der Waals surface area contributed by atoms with Crippen LogP contribution in [0.15, 0.2) is 0 Å². The van der Waals surface area contributed by atoms with Gasteiger partial charge in [0, 0.05) is 0 Å². The fraction of sp³-hybridized carbons (Fsp3) is 0. The van der Waals surface area contributed by atoms with Crippen molar-refractivity contribution in [3.8, 4) is 0 Å². The van der Waals surface area contributed by atoms with E-state index in [-0.39, 0.29) is 31.0 Å². The summed E-state index contributed by atoms with van der Waals surface area (Å²) in [5.74, 6) is 0. The molecule has 4 N–H and O–H groups in total. The SMILES string of the molecule is O=P(O)(O)OB(O)O.[H-].[Na+]. The Labute approximate surface area is 75.0 Å². The summed E-state index contributed by atoms with van der Waals surface area (Å²) in [6.45, 7) is 0. The van der Waals surface area contributed by atoms with Crippen molar-refractivity contribution in [2.24, 2.45) is 0 Å². The molecule has 0 atom stereocenters. The average molecular weight is 166 g/mol. The van der Waals surface area contributed by atoms with E-state index in [0.29, 0.717) is 0 Å². The Kier molecular flexibility index (Phi) is 6.86. The van der Waals surface area contributed by atoms with Gasteiger partial charge in [-0.3, -0.25) is 4.44 Å². The van der Waals surface area contributed by atoms with Gasteiger partial charge in [0.25, 0.3) is 0 Å². The normalized spacial score (nSPS) is 10.2. The van der Waals surface area contributed by atoms with Gasteiger partial charge in [0.15, 0.2) is 0 Å². The van der Waals surface area contributed by atoms with E-state index in [2.05, 4.69) is 4.44 Å². The molecule has 0 fully saturated rings. The topological polar surface area (TPSA) is 107 Å². The van der Waals surface area contributed by atoms with Crippen LogP contribution in [-0.4, -0.2) is 27.2 Å². The number of phosphoric acid groups is 1.